The Kier molecular flexibility index (Phi) is 8.61. The molecular formula is C24H29N7O5S. The van der Waals surface area contributed by atoms with Gasteiger partial charge in [0.15, 0.2) is 6.29 Å². The number of hydrogen-bond acceptors (Lipinski definition) is 8. The molecule has 0 spiro atoms. The first-order valence-electron chi connectivity index (χ1n) is 11.9. The van der Waals surface area contributed by atoms with Crippen LogP contribution in [0.5, 0.6) is 0 Å². The number of benzene rings is 2. The summed E-state index contributed by atoms with van der Waals surface area (Å²) in [7, 11) is -4.07. The van der Waals surface area contributed by atoms with Crippen LogP contribution in [0.4, 0.5) is 0 Å². The number of carboxylic acids is 1. The molecule has 2 unspecified atom stereocenters. The van der Waals surface area contributed by atoms with E-state index < -0.39 is 34.5 Å². The summed E-state index contributed by atoms with van der Waals surface area (Å²) in [5, 5.41) is 26.7. The minimum atomic E-state index is -4.07. The van der Waals surface area contributed by atoms with E-state index in [-0.39, 0.29) is 11.2 Å². The number of fused-ring (bicyclic) bond motifs is 1. The van der Waals surface area contributed by atoms with Crippen LogP contribution >= 0.6 is 0 Å². The fourth-order valence-corrected chi connectivity index (χ4v) is 5.09. The molecule has 6 N–H and O–H groups in total. The average Bonchev–Trinajstić information content (AvgIpc) is 3.32. The number of aryl methyl sites for hydroxylation is 1. The van der Waals surface area contributed by atoms with Crippen molar-refractivity contribution >= 4 is 39.0 Å². The van der Waals surface area contributed by atoms with Crippen LogP contribution in [0.15, 0.2) is 58.4 Å². The molecule has 1 aliphatic heterocycles. The van der Waals surface area contributed by atoms with E-state index in [2.05, 4.69) is 35.9 Å². The highest BCUT2D eigenvalue weighted by Crippen LogP contribution is 2.19. The van der Waals surface area contributed by atoms with Crippen molar-refractivity contribution in [1.82, 2.24) is 30.9 Å². The molecule has 3 aromatic rings. The van der Waals surface area contributed by atoms with Gasteiger partial charge in [0.2, 0.25) is 10.0 Å². The maximum atomic E-state index is 12.7. The van der Waals surface area contributed by atoms with Gasteiger partial charge in [-0.05, 0) is 50.1 Å². The van der Waals surface area contributed by atoms with Gasteiger partial charge < -0.3 is 10.4 Å². The van der Waals surface area contributed by atoms with Crippen molar-refractivity contribution in [2.45, 2.75) is 36.5 Å². The summed E-state index contributed by atoms with van der Waals surface area (Å²) in [6, 6.07) is 10.9. The molecule has 2 atom stereocenters. The van der Waals surface area contributed by atoms with E-state index in [0.29, 0.717) is 11.1 Å². The van der Waals surface area contributed by atoms with Crippen molar-refractivity contribution in [3.63, 3.8) is 0 Å². The van der Waals surface area contributed by atoms with Crippen molar-refractivity contribution in [3.05, 3.63) is 59.8 Å². The van der Waals surface area contributed by atoms with Gasteiger partial charge in [0, 0.05) is 30.3 Å². The minimum Gasteiger partial charge on any atom is -0.480 e. The summed E-state index contributed by atoms with van der Waals surface area (Å²) in [6.07, 6.45) is 4.38. The van der Waals surface area contributed by atoms with Crippen LogP contribution in [-0.4, -0.2) is 73.8 Å². The maximum absolute atomic E-state index is 12.7. The molecule has 196 valence electrons. The molecule has 1 amide bonds. The SMILES string of the molecule is O=C(NCC(NS(=O)(=O)c1ccccc1)C(=O)O)c1ccc2c(CCCNC3N=CCCN3)n[nH]c2c1. The molecule has 4 rings (SSSR count). The molecule has 1 aliphatic rings. The van der Waals surface area contributed by atoms with Crippen LogP contribution in [0.2, 0.25) is 0 Å². The summed E-state index contributed by atoms with van der Waals surface area (Å²) in [4.78, 5) is 28.6. The number of carbonyl (C=O) groups is 2. The molecule has 13 heteroatoms. The number of hydrogen-bond donors (Lipinski definition) is 6. The summed E-state index contributed by atoms with van der Waals surface area (Å²) in [5.74, 6) is -1.94. The van der Waals surface area contributed by atoms with E-state index in [4.69, 9.17) is 0 Å². The number of nitrogens with zero attached hydrogens (tertiary/aromatic N) is 2. The molecule has 0 radical (unpaired) electrons. The van der Waals surface area contributed by atoms with Gasteiger partial charge in [0.25, 0.3) is 5.91 Å². The zero-order chi connectivity index (χ0) is 26.3. The molecule has 0 bridgehead atoms. The van der Waals surface area contributed by atoms with Crippen LogP contribution in [-0.2, 0) is 21.2 Å². The lowest BCUT2D eigenvalue weighted by molar-refractivity contribution is -0.138. The van der Waals surface area contributed by atoms with E-state index in [0.717, 1.165) is 43.4 Å². The van der Waals surface area contributed by atoms with Crippen LogP contribution in [0.25, 0.3) is 10.9 Å². The van der Waals surface area contributed by atoms with Gasteiger partial charge >= 0.3 is 5.97 Å². The second-order valence-electron chi connectivity index (χ2n) is 8.50. The number of sulfonamides is 1. The zero-order valence-corrected chi connectivity index (χ0v) is 20.8. The van der Waals surface area contributed by atoms with Crippen LogP contribution in [0.1, 0.15) is 28.9 Å². The van der Waals surface area contributed by atoms with Crippen molar-refractivity contribution in [2.75, 3.05) is 19.6 Å². The fourth-order valence-electron chi connectivity index (χ4n) is 3.88. The number of H-pyrrole nitrogens is 1. The highest BCUT2D eigenvalue weighted by molar-refractivity contribution is 7.89. The predicted molar refractivity (Wildman–Crippen MR) is 138 cm³/mol. The molecule has 1 aromatic heterocycles. The maximum Gasteiger partial charge on any atom is 0.323 e. The molecule has 12 nitrogen and oxygen atoms in total. The van der Waals surface area contributed by atoms with E-state index in [9.17, 15) is 23.1 Å². The predicted octanol–water partition coefficient (Wildman–Crippen LogP) is 0.594. The third kappa shape index (κ3) is 6.98. The number of aliphatic imine (C=N–C) groups is 1. The van der Waals surface area contributed by atoms with Gasteiger partial charge in [0.05, 0.1) is 16.1 Å². The molecule has 0 fully saturated rings. The molecule has 0 aliphatic carbocycles. The lowest BCUT2D eigenvalue weighted by Crippen LogP contribution is -2.48. The summed E-state index contributed by atoms with van der Waals surface area (Å²) >= 11 is 0. The number of aromatic nitrogens is 2. The lowest BCUT2D eigenvalue weighted by atomic mass is 10.1. The summed E-state index contributed by atoms with van der Waals surface area (Å²) in [6.45, 7) is 1.24. The number of aliphatic carboxylic acids is 1. The number of amides is 1. The number of aromatic amines is 1. The number of carboxylic acid groups (broad SMARTS) is 1. The van der Waals surface area contributed by atoms with Crippen molar-refractivity contribution in [3.8, 4) is 0 Å². The zero-order valence-electron chi connectivity index (χ0n) is 20.0. The van der Waals surface area contributed by atoms with Gasteiger partial charge in [0.1, 0.15) is 6.04 Å². The molecular weight excluding hydrogens is 498 g/mol. The highest BCUT2D eigenvalue weighted by atomic mass is 32.2. The number of rotatable bonds is 12. The smallest absolute Gasteiger partial charge is 0.323 e. The van der Waals surface area contributed by atoms with Gasteiger partial charge in [-0.3, -0.25) is 30.3 Å². The first-order chi connectivity index (χ1) is 17.8. The van der Waals surface area contributed by atoms with E-state index >= 15 is 0 Å². The third-order valence-electron chi connectivity index (χ3n) is 5.81. The fraction of sp³-hybridized carbons (Fsp3) is 0.333. The molecule has 0 saturated heterocycles. The van der Waals surface area contributed by atoms with Crippen LogP contribution in [0.3, 0.4) is 0 Å². The summed E-state index contributed by atoms with van der Waals surface area (Å²) < 4.78 is 27.1. The minimum absolute atomic E-state index is 0.0554. The van der Waals surface area contributed by atoms with Gasteiger partial charge in [-0.25, -0.2) is 8.42 Å². The van der Waals surface area contributed by atoms with Gasteiger partial charge in [-0.15, -0.1) is 0 Å². The van der Waals surface area contributed by atoms with Crippen molar-refractivity contribution in [1.29, 1.82) is 0 Å². The van der Waals surface area contributed by atoms with E-state index in [1.54, 1.807) is 24.3 Å². The second-order valence-corrected chi connectivity index (χ2v) is 10.2. The Morgan fingerprint density at radius 2 is 1.97 bits per heavy atom. The Morgan fingerprint density at radius 1 is 1.16 bits per heavy atom. The highest BCUT2D eigenvalue weighted by Gasteiger charge is 2.26. The van der Waals surface area contributed by atoms with Crippen molar-refractivity contribution in [2.24, 2.45) is 4.99 Å². The van der Waals surface area contributed by atoms with Crippen LogP contribution < -0.4 is 20.7 Å². The second kappa shape index (κ2) is 12.1. The van der Waals surface area contributed by atoms with E-state index in [1.165, 1.54) is 24.3 Å². The first kappa shape index (κ1) is 26.4. The number of nitrogens with one attached hydrogen (secondary N) is 5. The monoisotopic (exact) mass is 527 g/mol. The van der Waals surface area contributed by atoms with E-state index in [1.807, 2.05) is 6.21 Å². The van der Waals surface area contributed by atoms with Crippen molar-refractivity contribution < 1.29 is 23.1 Å². The standard InChI is InChI=1S/C24H29N7O5S/c32-22(28-15-21(23(33)34)31-37(35,36)17-6-2-1-3-7-17)16-9-10-18-19(29-30-20(18)14-16)8-4-11-25-24-26-12-5-13-27-24/h1-3,6-7,9-10,12,14,21,24-25,27,31H,4-5,8,11,13,15H2,(H,28,32)(H,29,30)(H,33,34). The molecule has 2 heterocycles. The molecule has 2 aromatic carbocycles. The average molecular weight is 528 g/mol. The largest absolute Gasteiger partial charge is 0.480 e. The number of carbonyl (C=O) groups excluding carboxylic acids is 1. The Labute approximate surface area is 214 Å². The molecule has 0 saturated carbocycles. The quantitative estimate of drug-likeness (QED) is 0.185. The summed E-state index contributed by atoms with van der Waals surface area (Å²) in [5.41, 5.74) is 1.85. The Bertz CT molecular complexity index is 1370. The van der Waals surface area contributed by atoms with Gasteiger partial charge in [-0.2, -0.15) is 9.82 Å². The first-order valence-corrected chi connectivity index (χ1v) is 13.4. The third-order valence-corrected chi connectivity index (χ3v) is 7.30. The Balaban J connectivity index is 1.32. The Morgan fingerprint density at radius 3 is 2.70 bits per heavy atom. The van der Waals surface area contributed by atoms with Gasteiger partial charge in [-0.1, -0.05) is 24.3 Å². The molecule has 37 heavy (non-hydrogen) atoms. The van der Waals surface area contributed by atoms with Crippen LogP contribution in [0, 0.1) is 0 Å². The topological polar surface area (TPSA) is 178 Å². The Hall–Kier alpha value is -3.65. The normalized spacial score (nSPS) is 16.5. The lowest BCUT2D eigenvalue weighted by Gasteiger charge is -2.18.